The number of halogens is 7. The summed E-state index contributed by atoms with van der Waals surface area (Å²) >= 11 is 13.4. The summed E-state index contributed by atoms with van der Waals surface area (Å²) in [5.74, 6) is -4.45. The third kappa shape index (κ3) is 19.7. The number of aromatic hydroxyl groups is 3. The van der Waals surface area contributed by atoms with Gasteiger partial charge in [-0.05, 0) is 227 Å². The summed E-state index contributed by atoms with van der Waals surface area (Å²) in [6.45, 7) is 5.16. The first-order valence-corrected chi connectivity index (χ1v) is 46.1. The molecule has 0 saturated heterocycles. The largest absolute Gasteiger partial charge is 0.505 e. The molecule has 0 aliphatic heterocycles. The van der Waals surface area contributed by atoms with Gasteiger partial charge in [-0.15, -0.1) is 0 Å². The van der Waals surface area contributed by atoms with Gasteiger partial charge in [0.05, 0.1) is 21.3 Å². The summed E-state index contributed by atoms with van der Waals surface area (Å²) in [5.41, 5.74) is 11.3. The van der Waals surface area contributed by atoms with Crippen molar-refractivity contribution in [2.75, 3.05) is 0 Å². The van der Waals surface area contributed by atoms with Crippen LogP contribution in [-0.2, 0) is 36.7 Å². The minimum atomic E-state index is -3.98. The van der Waals surface area contributed by atoms with E-state index < -0.39 is 85.7 Å². The molecule has 18 rings (SSSR count). The number of aromatic nitrogens is 8. The van der Waals surface area contributed by atoms with Gasteiger partial charge in [0.2, 0.25) is 0 Å². The molecule has 0 bridgehead atoms. The smallest absolute Gasteiger partial charge is 0.492 e. The van der Waals surface area contributed by atoms with Crippen molar-refractivity contribution in [3.63, 3.8) is 0 Å². The summed E-state index contributed by atoms with van der Waals surface area (Å²) in [6.07, 6.45) is 12.7. The van der Waals surface area contributed by atoms with E-state index in [0.29, 0.717) is 54.3 Å². The van der Waals surface area contributed by atoms with E-state index in [4.69, 9.17) is 25.2 Å². The first-order valence-electron chi connectivity index (χ1n) is 36.3. The zero-order chi connectivity index (χ0) is 87.9. The second-order valence-corrected chi connectivity index (χ2v) is 37.9. The molecule has 11 heterocycles. The van der Waals surface area contributed by atoms with E-state index >= 15 is 0 Å². The number of nitrogens with one attached hydrogen (secondary N) is 1. The number of aliphatic hydroxyl groups is 1. The average Bonchev–Trinajstić information content (AvgIpc) is 1.58. The van der Waals surface area contributed by atoms with Crippen LogP contribution in [0, 0.1) is 47.6 Å². The van der Waals surface area contributed by atoms with Crippen LogP contribution in [0.1, 0.15) is 22.3 Å². The minimum absolute atomic E-state index is 0.0965. The maximum Gasteiger partial charge on any atom is 0.492 e. The van der Waals surface area contributed by atoms with Gasteiger partial charge in [0, 0.05) is 134 Å². The Kier molecular flexibility index (Phi) is 28.0. The second kappa shape index (κ2) is 38.4. The number of hydrogen-bond donors (Lipinski definition) is 9. The lowest BCUT2D eigenvalue weighted by molar-refractivity contribution is 0.276. The standard InChI is InChI=1S/C24H17FN2O3S2.C21H16BrFN2O3S.C17H11FN2OS.C14H10BrIN2O2S.C6H6BFO3.C4H5BO2S/c1-15-5-7-18(8-6-15)32(29,30)27-13-21(19-3-2-4-22(25)23(19)28)20-11-17(12-26-24(20)27)16-9-10-31-14-16;1-13-5-7-15(8-6-13)29(27,28)25-11-18(17-9-14(22)10-24-21(17)25)16-3-2-4-20(23)19(16)12-26;18-15-3-1-2-12(16(15)21)14-8-20-17-13(14)6-11(7-19-17)10-4-5-22-9-10;1-9-2-4-11(5-3-9)21(19,20)18-8-13(16)12-6-10(15)7-17-14(12)18;8-5-3-1-2-4(6(5)9)7(10)11;6-5(7)4-1-2-8-3-4/h2-14,28H,1H3;2-11,26H,12H2,1H3;1-9,21H,(H,19,20);2-8H,1H3;1-3,9-11H;1-3,6-7H. The van der Waals surface area contributed by atoms with E-state index in [0.717, 1.165) is 83.4 Å². The number of para-hydroxylation sites is 3. The fourth-order valence-corrected chi connectivity index (χ4v) is 20.1. The molecular formula is C86H65B2Br2F4IN8O14S6. The van der Waals surface area contributed by atoms with Gasteiger partial charge in [0.25, 0.3) is 30.1 Å². The number of rotatable bonds is 14. The normalized spacial score (nSPS) is 11.4. The van der Waals surface area contributed by atoms with E-state index in [1.165, 1.54) is 106 Å². The van der Waals surface area contributed by atoms with Crippen LogP contribution in [0.4, 0.5) is 17.6 Å². The van der Waals surface area contributed by atoms with Crippen LogP contribution in [0.25, 0.3) is 99.8 Å². The first kappa shape index (κ1) is 89.7. The van der Waals surface area contributed by atoms with Crippen molar-refractivity contribution in [3.05, 3.63) is 328 Å². The highest BCUT2D eigenvalue weighted by Gasteiger charge is 2.29. The van der Waals surface area contributed by atoms with Gasteiger partial charge in [-0.3, -0.25) is 0 Å². The Morgan fingerprint density at radius 3 is 1.27 bits per heavy atom. The van der Waals surface area contributed by atoms with Crippen LogP contribution in [-0.4, -0.2) is 117 Å². The summed E-state index contributed by atoms with van der Waals surface area (Å²) in [5, 5.41) is 87.1. The van der Waals surface area contributed by atoms with E-state index in [9.17, 15) is 58.1 Å². The summed E-state index contributed by atoms with van der Waals surface area (Å²) in [7, 11) is -14.7. The maximum absolute atomic E-state index is 14.2. The Labute approximate surface area is 744 Å². The zero-order valence-electron chi connectivity index (χ0n) is 64.1. The van der Waals surface area contributed by atoms with Crippen molar-refractivity contribution >= 4 is 188 Å². The van der Waals surface area contributed by atoms with Gasteiger partial charge in [-0.1, -0.05) is 108 Å². The van der Waals surface area contributed by atoms with Crippen molar-refractivity contribution in [1.82, 2.24) is 36.8 Å². The molecule has 0 amide bonds. The maximum atomic E-state index is 14.2. The van der Waals surface area contributed by atoms with Crippen LogP contribution in [0.2, 0.25) is 0 Å². The molecule has 37 heteroatoms. The third-order valence-electron chi connectivity index (χ3n) is 19.0. The van der Waals surface area contributed by atoms with Gasteiger partial charge in [-0.2, -0.15) is 34.0 Å². The molecule has 624 valence electrons. The van der Waals surface area contributed by atoms with Gasteiger partial charge in [-0.25, -0.2) is 74.7 Å². The van der Waals surface area contributed by atoms with Crippen molar-refractivity contribution < 1.29 is 83.3 Å². The van der Waals surface area contributed by atoms with Gasteiger partial charge in [0.1, 0.15) is 11.5 Å². The highest BCUT2D eigenvalue weighted by molar-refractivity contribution is 14.1. The molecule has 0 unspecified atom stereocenters. The van der Waals surface area contributed by atoms with Crippen molar-refractivity contribution in [2.24, 2.45) is 0 Å². The lowest BCUT2D eigenvalue weighted by Crippen LogP contribution is -2.30. The van der Waals surface area contributed by atoms with E-state index in [-0.39, 0.29) is 48.3 Å². The van der Waals surface area contributed by atoms with E-state index in [1.54, 1.807) is 138 Å². The molecule has 0 saturated carbocycles. The van der Waals surface area contributed by atoms with Gasteiger partial charge >= 0.3 is 14.2 Å². The number of aryl methyl sites for hydroxylation is 3. The number of hydrogen-bond acceptors (Lipinski definition) is 21. The topological polar surface area (TPSA) is 346 Å². The molecule has 0 fully saturated rings. The van der Waals surface area contributed by atoms with E-state index in [2.05, 4.69) is 84.8 Å². The predicted molar refractivity (Wildman–Crippen MR) is 489 cm³/mol. The van der Waals surface area contributed by atoms with Crippen LogP contribution < -0.4 is 10.9 Å². The van der Waals surface area contributed by atoms with Crippen LogP contribution in [0.3, 0.4) is 0 Å². The minimum Gasteiger partial charge on any atom is -0.505 e. The number of aromatic amines is 1. The second-order valence-electron chi connectivity index (χ2n) is 27.1. The molecule has 9 N–H and O–H groups in total. The number of pyridine rings is 4. The first-order chi connectivity index (χ1) is 58.7. The Hall–Kier alpha value is -11.0. The fraction of sp³-hybridized carbons (Fsp3) is 0.0465. The lowest BCUT2D eigenvalue weighted by atomic mass is 9.79. The van der Waals surface area contributed by atoms with Crippen LogP contribution in [0.5, 0.6) is 17.2 Å². The molecule has 18 aromatic rings. The van der Waals surface area contributed by atoms with Crippen molar-refractivity contribution in [3.8, 4) is 72.9 Å². The quantitative estimate of drug-likeness (QED) is 0.0277. The number of nitrogens with zero attached hydrogens (tertiary/aromatic N) is 7. The molecule has 7 aromatic carbocycles. The number of phenols is 3. The monoisotopic (exact) mass is 2010 g/mol. The Bertz CT molecular complexity index is 7250. The summed E-state index contributed by atoms with van der Waals surface area (Å²) in [4.78, 5) is 21.0. The molecule has 0 spiro atoms. The molecule has 123 heavy (non-hydrogen) atoms. The van der Waals surface area contributed by atoms with Crippen molar-refractivity contribution in [1.29, 1.82) is 0 Å². The molecule has 22 nitrogen and oxygen atoms in total. The number of phenolic OH excluding ortho intramolecular Hbond substituents is 3. The molecular weight excluding hydrogens is 1950 g/mol. The number of thiophene rings is 3. The number of H-pyrrole nitrogens is 1. The number of fused-ring (bicyclic) bond motifs is 4. The Morgan fingerprint density at radius 2 is 0.821 bits per heavy atom. The van der Waals surface area contributed by atoms with Crippen LogP contribution >= 0.6 is 88.5 Å². The highest BCUT2D eigenvalue weighted by Crippen LogP contribution is 2.42. The number of aliphatic hydroxyl groups excluding tert-OH is 1. The molecule has 0 radical (unpaired) electrons. The average molecular weight is 2010 g/mol. The van der Waals surface area contributed by atoms with Crippen LogP contribution in [0.15, 0.2) is 294 Å². The molecule has 11 aromatic heterocycles. The molecule has 0 aliphatic rings. The Morgan fingerprint density at radius 1 is 0.423 bits per heavy atom. The molecule has 0 aliphatic carbocycles. The fourth-order valence-electron chi connectivity index (χ4n) is 12.6. The predicted octanol–water partition coefficient (Wildman–Crippen LogP) is 17.9. The number of benzene rings is 7. The van der Waals surface area contributed by atoms with E-state index in [1.807, 2.05) is 67.2 Å². The van der Waals surface area contributed by atoms with Crippen molar-refractivity contribution in [2.45, 2.75) is 42.1 Å². The highest BCUT2D eigenvalue weighted by atomic mass is 127. The summed E-state index contributed by atoms with van der Waals surface area (Å²) in [6, 6.07) is 49.5. The Balaban J connectivity index is 0.000000133. The summed E-state index contributed by atoms with van der Waals surface area (Å²) < 4.78 is 139. The van der Waals surface area contributed by atoms with Gasteiger partial charge in [0.15, 0.2) is 51.6 Å². The van der Waals surface area contributed by atoms with Gasteiger partial charge < -0.3 is 45.5 Å². The zero-order valence-corrected chi connectivity index (χ0v) is 74.3. The molecule has 0 atom stereocenters. The third-order valence-corrected chi connectivity index (χ3v) is 27.7. The SMILES string of the molecule is Cc1ccc(S(=O)(=O)n2cc(-c3cccc(F)c3CO)c3cc(Br)cnc32)cc1.Cc1ccc(S(=O)(=O)n2cc(-c3cccc(F)c3O)c3cc(-c4ccsc4)cnc32)cc1.Cc1ccc(S(=O)(=O)n2cc(I)c3cc(Br)cnc32)cc1.OB(O)c1cccc(F)c1O.OB(O)c1ccsc1.Oc1c(F)cccc1-c1c[nH]c2ncc(-c3ccsc3)cc12. The lowest BCUT2D eigenvalue weighted by Gasteiger charge is -2.08.